The normalized spacial score (nSPS) is 17.5. The highest BCUT2D eigenvalue weighted by Gasteiger charge is 2.19. The number of nitrogens with one attached hydrogen (secondary N) is 1. The third-order valence-electron chi connectivity index (χ3n) is 4.85. The Kier molecular flexibility index (Phi) is 7.25. The summed E-state index contributed by atoms with van der Waals surface area (Å²) in [5, 5.41) is 3.78. The molecule has 0 saturated heterocycles. The van der Waals surface area contributed by atoms with Crippen LogP contribution in [0.15, 0.2) is 30.3 Å². The summed E-state index contributed by atoms with van der Waals surface area (Å²) in [6, 6.07) is 12.3. The van der Waals surface area contributed by atoms with Crippen LogP contribution in [0.1, 0.15) is 63.5 Å². The molecule has 0 heterocycles. The molecule has 1 aliphatic rings. The van der Waals surface area contributed by atoms with Gasteiger partial charge in [-0.3, -0.25) is 0 Å². The van der Waals surface area contributed by atoms with Gasteiger partial charge in [-0.05, 0) is 31.9 Å². The number of unbranched alkanes of at least 4 members (excludes halogenated alkanes) is 1. The molecule has 1 atom stereocenters. The minimum Gasteiger partial charge on any atom is -0.309 e. The van der Waals surface area contributed by atoms with E-state index in [1.165, 1.54) is 57.1 Å². The molecule has 0 amide bonds. The lowest BCUT2D eigenvalue weighted by atomic mass is 10.0. The maximum atomic E-state index is 3.78. The Morgan fingerprint density at radius 1 is 1.19 bits per heavy atom. The van der Waals surface area contributed by atoms with Crippen molar-refractivity contribution in [3.05, 3.63) is 35.9 Å². The van der Waals surface area contributed by atoms with Gasteiger partial charge in [0.25, 0.3) is 0 Å². The minimum absolute atomic E-state index is 0.517. The van der Waals surface area contributed by atoms with Crippen LogP contribution in [0.25, 0.3) is 0 Å². The van der Waals surface area contributed by atoms with Gasteiger partial charge in [0, 0.05) is 25.2 Å². The molecule has 2 rings (SSSR count). The second-order valence-corrected chi connectivity index (χ2v) is 6.48. The fourth-order valence-electron chi connectivity index (χ4n) is 3.42. The standard InChI is InChI=1S/C19H32N2/c1-3-4-14-19(17-10-6-5-7-11-17)20-15-16-21(2)18-12-8-9-13-18/h5-7,10-11,18-20H,3-4,8-9,12-16H2,1-2H3. The van der Waals surface area contributed by atoms with Gasteiger partial charge < -0.3 is 10.2 Å². The quantitative estimate of drug-likeness (QED) is 0.725. The lowest BCUT2D eigenvalue weighted by molar-refractivity contribution is 0.241. The highest BCUT2D eigenvalue weighted by atomic mass is 15.1. The molecule has 0 spiro atoms. The molecule has 1 aromatic rings. The van der Waals surface area contributed by atoms with Gasteiger partial charge in [-0.2, -0.15) is 0 Å². The van der Waals surface area contributed by atoms with Crippen LogP contribution in [0.3, 0.4) is 0 Å². The lowest BCUT2D eigenvalue weighted by Gasteiger charge is -2.26. The SMILES string of the molecule is CCCCC(NCCN(C)C1CCCC1)c1ccccc1. The van der Waals surface area contributed by atoms with Crippen LogP contribution in [0.2, 0.25) is 0 Å². The first kappa shape index (κ1) is 16.5. The Morgan fingerprint density at radius 2 is 1.90 bits per heavy atom. The first-order valence-electron chi connectivity index (χ1n) is 8.80. The van der Waals surface area contributed by atoms with Crippen LogP contribution in [-0.4, -0.2) is 31.1 Å². The van der Waals surface area contributed by atoms with E-state index in [1.807, 2.05) is 0 Å². The molecule has 0 aromatic heterocycles. The maximum Gasteiger partial charge on any atom is 0.0320 e. The molecule has 21 heavy (non-hydrogen) atoms. The molecule has 1 N–H and O–H groups in total. The summed E-state index contributed by atoms with van der Waals surface area (Å²) in [6.07, 6.45) is 9.45. The van der Waals surface area contributed by atoms with E-state index < -0.39 is 0 Å². The van der Waals surface area contributed by atoms with E-state index in [0.717, 1.165) is 12.6 Å². The number of rotatable bonds is 9. The molecule has 1 aliphatic carbocycles. The fraction of sp³-hybridized carbons (Fsp3) is 0.684. The molecule has 1 aromatic carbocycles. The second kappa shape index (κ2) is 9.22. The zero-order valence-electron chi connectivity index (χ0n) is 13.9. The van der Waals surface area contributed by atoms with Crippen molar-refractivity contribution >= 4 is 0 Å². The van der Waals surface area contributed by atoms with Crippen molar-refractivity contribution in [1.29, 1.82) is 0 Å². The Labute approximate surface area is 130 Å². The van der Waals surface area contributed by atoms with Crippen molar-refractivity contribution in [1.82, 2.24) is 10.2 Å². The summed E-state index contributed by atoms with van der Waals surface area (Å²) in [5.74, 6) is 0. The number of benzene rings is 1. The van der Waals surface area contributed by atoms with Crippen LogP contribution >= 0.6 is 0 Å². The van der Waals surface area contributed by atoms with Gasteiger partial charge in [-0.25, -0.2) is 0 Å². The van der Waals surface area contributed by atoms with Crippen LogP contribution < -0.4 is 5.32 Å². The average Bonchev–Trinajstić information content (AvgIpc) is 3.06. The van der Waals surface area contributed by atoms with Gasteiger partial charge in [0.15, 0.2) is 0 Å². The Bertz CT molecular complexity index is 370. The van der Waals surface area contributed by atoms with E-state index in [9.17, 15) is 0 Å². The molecule has 0 aliphatic heterocycles. The van der Waals surface area contributed by atoms with Crippen LogP contribution in [-0.2, 0) is 0 Å². The average molecular weight is 288 g/mol. The molecular weight excluding hydrogens is 256 g/mol. The Balaban J connectivity index is 1.78. The van der Waals surface area contributed by atoms with Crippen molar-refractivity contribution < 1.29 is 0 Å². The molecule has 118 valence electrons. The van der Waals surface area contributed by atoms with E-state index in [0.29, 0.717) is 6.04 Å². The molecule has 0 bridgehead atoms. The van der Waals surface area contributed by atoms with Gasteiger partial charge in [0.05, 0.1) is 0 Å². The third-order valence-corrected chi connectivity index (χ3v) is 4.85. The highest BCUT2D eigenvalue weighted by Crippen LogP contribution is 2.22. The first-order chi connectivity index (χ1) is 10.3. The topological polar surface area (TPSA) is 15.3 Å². The van der Waals surface area contributed by atoms with Gasteiger partial charge in [-0.1, -0.05) is 62.9 Å². The van der Waals surface area contributed by atoms with E-state index in [-0.39, 0.29) is 0 Å². The summed E-state index contributed by atoms with van der Waals surface area (Å²) in [4.78, 5) is 2.56. The summed E-state index contributed by atoms with van der Waals surface area (Å²) < 4.78 is 0. The Morgan fingerprint density at radius 3 is 2.57 bits per heavy atom. The molecular formula is C19H32N2. The third kappa shape index (κ3) is 5.44. The summed E-state index contributed by atoms with van der Waals surface area (Å²) in [6.45, 7) is 4.53. The van der Waals surface area contributed by atoms with Crippen molar-refractivity contribution in [2.75, 3.05) is 20.1 Å². The van der Waals surface area contributed by atoms with E-state index >= 15 is 0 Å². The smallest absolute Gasteiger partial charge is 0.0320 e. The summed E-state index contributed by atoms with van der Waals surface area (Å²) >= 11 is 0. The minimum atomic E-state index is 0.517. The Hall–Kier alpha value is -0.860. The first-order valence-corrected chi connectivity index (χ1v) is 8.80. The van der Waals surface area contributed by atoms with E-state index in [1.54, 1.807) is 0 Å². The lowest BCUT2D eigenvalue weighted by Crippen LogP contribution is -2.36. The molecule has 0 radical (unpaired) electrons. The van der Waals surface area contributed by atoms with Crippen LogP contribution in [0.5, 0.6) is 0 Å². The molecule has 2 nitrogen and oxygen atoms in total. The predicted octanol–water partition coefficient (Wildman–Crippen LogP) is 4.38. The molecule has 1 unspecified atom stereocenters. The summed E-state index contributed by atoms with van der Waals surface area (Å²) in [5.41, 5.74) is 1.44. The molecule has 1 fully saturated rings. The molecule has 1 saturated carbocycles. The van der Waals surface area contributed by atoms with Crippen LogP contribution in [0.4, 0.5) is 0 Å². The number of likely N-dealkylation sites (N-methyl/N-ethyl adjacent to an activating group) is 1. The van der Waals surface area contributed by atoms with Crippen LogP contribution in [0, 0.1) is 0 Å². The summed E-state index contributed by atoms with van der Waals surface area (Å²) in [7, 11) is 2.29. The zero-order chi connectivity index (χ0) is 14.9. The van der Waals surface area contributed by atoms with E-state index in [2.05, 4.69) is 54.5 Å². The molecule has 2 heteroatoms. The predicted molar refractivity (Wildman–Crippen MR) is 91.6 cm³/mol. The number of hydrogen-bond donors (Lipinski definition) is 1. The van der Waals surface area contributed by atoms with Crippen molar-refractivity contribution in [2.45, 2.75) is 64.0 Å². The van der Waals surface area contributed by atoms with Gasteiger partial charge >= 0.3 is 0 Å². The van der Waals surface area contributed by atoms with Gasteiger partial charge in [0.2, 0.25) is 0 Å². The van der Waals surface area contributed by atoms with Crippen molar-refractivity contribution in [2.24, 2.45) is 0 Å². The highest BCUT2D eigenvalue weighted by molar-refractivity contribution is 5.18. The monoisotopic (exact) mass is 288 g/mol. The van der Waals surface area contributed by atoms with E-state index in [4.69, 9.17) is 0 Å². The number of hydrogen-bond acceptors (Lipinski definition) is 2. The van der Waals surface area contributed by atoms with Gasteiger partial charge in [0.1, 0.15) is 0 Å². The van der Waals surface area contributed by atoms with Crippen molar-refractivity contribution in [3.63, 3.8) is 0 Å². The van der Waals surface area contributed by atoms with Gasteiger partial charge in [-0.15, -0.1) is 0 Å². The zero-order valence-corrected chi connectivity index (χ0v) is 13.9. The number of nitrogens with zero attached hydrogens (tertiary/aromatic N) is 1. The fourth-order valence-corrected chi connectivity index (χ4v) is 3.42. The largest absolute Gasteiger partial charge is 0.309 e. The maximum absolute atomic E-state index is 3.78. The van der Waals surface area contributed by atoms with Crippen molar-refractivity contribution in [3.8, 4) is 0 Å². The second-order valence-electron chi connectivity index (χ2n) is 6.48.